The van der Waals surface area contributed by atoms with Gasteiger partial charge in [-0.1, -0.05) is 19.8 Å². The van der Waals surface area contributed by atoms with Crippen LogP contribution in [0.3, 0.4) is 0 Å². The van der Waals surface area contributed by atoms with Crippen LogP contribution in [0.5, 0.6) is 5.75 Å². The molecule has 0 atom stereocenters. The van der Waals surface area contributed by atoms with Crippen molar-refractivity contribution in [3.63, 3.8) is 0 Å². The van der Waals surface area contributed by atoms with Gasteiger partial charge in [0.1, 0.15) is 5.75 Å². The first kappa shape index (κ1) is 13.1. The molecule has 2 nitrogen and oxygen atoms in total. The third-order valence-corrected chi connectivity index (χ3v) is 3.85. The minimum absolute atomic E-state index is 0.0111. The number of aromatic hydroxyl groups is 1. The van der Waals surface area contributed by atoms with Gasteiger partial charge in [-0.25, -0.2) is 0 Å². The largest absolute Gasteiger partial charge is 0.507 e. The fourth-order valence-corrected chi connectivity index (χ4v) is 3.07. The molecule has 18 heavy (non-hydrogen) atoms. The highest BCUT2D eigenvalue weighted by Gasteiger charge is 2.20. The van der Waals surface area contributed by atoms with Gasteiger partial charge in [0, 0.05) is 0 Å². The standard InChI is InChI=1S/C16H22O2/c1-3-7-14-13-9-6-4-5-8-12(13)10-15(18)16(14)11(2)17/h10,18H,3-9H2,1-2H3. The predicted molar refractivity (Wildman–Crippen MR) is 73.4 cm³/mol. The lowest BCUT2D eigenvalue weighted by Crippen LogP contribution is -2.07. The summed E-state index contributed by atoms with van der Waals surface area (Å²) in [5.41, 5.74) is 4.29. The van der Waals surface area contributed by atoms with Crippen LogP contribution in [0.25, 0.3) is 0 Å². The molecule has 0 bridgehead atoms. The fraction of sp³-hybridized carbons (Fsp3) is 0.562. The van der Waals surface area contributed by atoms with E-state index in [0.29, 0.717) is 5.56 Å². The highest BCUT2D eigenvalue weighted by molar-refractivity contribution is 5.98. The molecule has 0 saturated heterocycles. The van der Waals surface area contributed by atoms with Crippen molar-refractivity contribution in [2.24, 2.45) is 0 Å². The normalized spacial score (nSPS) is 15.0. The second-order valence-electron chi connectivity index (χ2n) is 5.25. The van der Waals surface area contributed by atoms with E-state index in [9.17, 15) is 9.90 Å². The summed E-state index contributed by atoms with van der Waals surface area (Å²) in [6, 6.07) is 1.83. The van der Waals surface area contributed by atoms with Crippen molar-refractivity contribution < 1.29 is 9.90 Å². The van der Waals surface area contributed by atoms with Crippen molar-refractivity contribution >= 4 is 5.78 Å². The maximum absolute atomic E-state index is 11.8. The number of hydrogen-bond donors (Lipinski definition) is 1. The van der Waals surface area contributed by atoms with Gasteiger partial charge in [-0.3, -0.25) is 4.79 Å². The summed E-state index contributed by atoms with van der Waals surface area (Å²) in [5, 5.41) is 10.1. The summed E-state index contributed by atoms with van der Waals surface area (Å²) in [5.74, 6) is 0.176. The number of carbonyl (C=O) groups excluding carboxylic acids is 1. The first-order valence-corrected chi connectivity index (χ1v) is 7.02. The molecule has 1 aromatic carbocycles. The van der Waals surface area contributed by atoms with Gasteiger partial charge in [0.2, 0.25) is 0 Å². The molecule has 0 fully saturated rings. The Morgan fingerprint density at radius 1 is 1.28 bits per heavy atom. The highest BCUT2D eigenvalue weighted by Crippen LogP contribution is 2.33. The van der Waals surface area contributed by atoms with E-state index in [4.69, 9.17) is 0 Å². The Kier molecular flexibility index (Phi) is 4.05. The number of phenolic OH excluding ortho intramolecular Hbond substituents is 1. The summed E-state index contributed by atoms with van der Waals surface area (Å²) in [4.78, 5) is 11.8. The van der Waals surface area contributed by atoms with E-state index in [0.717, 1.165) is 31.2 Å². The number of carbonyl (C=O) groups is 1. The Balaban J connectivity index is 2.61. The van der Waals surface area contributed by atoms with Crippen LogP contribution in [0, 0.1) is 0 Å². The molecule has 1 N–H and O–H groups in total. The van der Waals surface area contributed by atoms with Crippen LogP contribution in [0.1, 0.15) is 66.6 Å². The van der Waals surface area contributed by atoms with E-state index in [1.807, 2.05) is 6.07 Å². The van der Waals surface area contributed by atoms with Crippen molar-refractivity contribution in [1.29, 1.82) is 0 Å². The number of fused-ring (bicyclic) bond motifs is 1. The molecule has 0 heterocycles. The average molecular weight is 246 g/mol. The highest BCUT2D eigenvalue weighted by atomic mass is 16.3. The van der Waals surface area contributed by atoms with E-state index in [-0.39, 0.29) is 11.5 Å². The average Bonchev–Trinajstić information content (AvgIpc) is 2.53. The summed E-state index contributed by atoms with van der Waals surface area (Å²) in [6.07, 6.45) is 7.64. The SMILES string of the molecule is CCCc1c2c(cc(O)c1C(C)=O)CCCCC2. The second kappa shape index (κ2) is 5.55. The zero-order valence-electron chi connectivity index (χ0n) is 11.4. The van der Waals surface area contributed by atoms with Crippen LogP contribution in [-0.4, -0.2) is 10.9 Å². The molecular weight excluding hydrogens is 224 g/mol. The lowest BCUT2D eigenvalue weighted by molar-refractivity contribution is 0.101. The number of benzene rings is 1. The van der Waals surface area contributed by atoms with E-state index < -0.39 is 0 Å². The van der Waals surface area contributed by atoms with Gasteiger partial charge in [0.05, 0.1) is 5.56 Å². The number of ketones is 1. The molecule has 0 saturated carbocycles. The number of aryl methyl sites for hydroxylation is 1. The molecule has 1 aromatic rings. The quantitative estimate of drug-likeness (QED) is 0.650. The topological polar surface area (TPSA) is 37.3 Å². The predicted octanol–water partition coefficient (Wildman–Crippen LogP) is 3.82. The van der Waals surface area contributed by atoms with Crippen LogP contribution < -0.4 is 0 Å². The first-order chi connectivity index (χ1) is 8.65. The van der Waals surface area contributed by atoms with Crippen molar-refractivity contribution in [1.82, 2.24) is 0 Å². The third-order valence-electron chi connectivity index (χ3n) is 3.85. The van der Waals surface area contributed by atoms with E-state index in [2.05, 4.69) is 6.92 Å². The minimum Gasteiger partial charge on any atom is -0.507 e. The molecule has 0 spiro atoms. The summed E-state index contributed by atoms with van der Waals surface area (Å²) in [7, 11) is 0. The molecule has 1 aliphatic rings. The maximum atomic E-state index is 11.8. The monoisotopic (exact) mass is 246 g/mol. The molecule has 2 rings (SSSR count). The summed E-state index contributed by atoms with van der Waals surface area (Å²) >= 11 is 0. The molecule has 0 amide bonds. The van der Waals surface area contributed by atoms with E-state index in [1.54, 1.807) is 6.92 Å². The van der Waals surface area contributed by atoms with Crippen LogP contribution >= 0.6 is 0 Å². The number of rotatable bonds is 3. The Morgan fingerprint density at radius 3 is 2.67 bits per heavy atom. The molecule has 2 heteroatoms. The Hall–Kier alpha value is -1.31. The van der Waals surface area contributed by atoms with Crippen molar-refractivity contribution in [3.05, 3.63) is 28.3 Å². The van der Waals surface area contributed by atoms with Gasteiger partial charge in [-0.05, 0) is 61.8 Å². The Labute approximate surface area is 109 Å². The molecule has 0 unspecified atom stereocenters. The lowest BCUT2D eigenvalue weighted by atomic mass is 9.88. The van der Waals surface area contributed by atoms with Crippen LogP contribution in [0.15, 0.2) is 6.07 Å². The van der Waals surface area contributed by atoms with Gasteiger partial charge in [0.15, 0.2) is 5.78 Å². The van der Waals surface area contributed by atoms with Gasteiger partial charge in [0.25, 0.3) is 0 Å². The molecule has 0 radical (unpaired) electrons. The van der Waals surface area contributed by atoms with E-state index >= 15 is 0 Å². The Bertz CT molecular complexity index is 461. The smallest absolute Gasteiger partial charge is 0.163 e. The van der Waals surface area contributed by atoms with Gasteiger partial charge in [-0.2, -0.15) is 0 Å². The molecule has 0 aliphatic heterocycles. The maximum Gasteiger partial charge on any atom is 0.163 e. The number of phenols is 1. The third kappa shape index (κ3) is 2.43. The first-order valence-electron chi connectivity index (χ1n) is 7.02. The van der Waals surface area contributed by atoms with Crippen molar-refractivity contribution in [2.75, 3.05) is 0 Å². The van der Waals surface area contributed by atoms with Crippen molar-refractivity contribution in [2.45, 2.75) is 58.8 Å². The van der Waals surface area contributed by atoms with Crippen molar-refractivity contribution in [3.8, 4) is 5.75 Å². The summed E-state index contributed by atoms with van der Waals surface area (Å²) in [6.45, 7) is 3.67. The van der Waals surface area contributed by atoms with Gasteiger partial charge < -0.3 is 5.11 Å². The molecule has 98 valence electrons. The molecule has 1 aliphatic carbocycles. The van der Waals surface area contributed by atoms with Gasteiger partial charge in [-0.15, -0.1) is 0 Å². The molecule has 0 aromatic heterocycles. The van der Waals surface area contributed by atoms with Crippen LogP contribution in [-0.2, 0) is 19.3 Å². The summed E-state index contributed by atoms with van der Waals surface area (Å²) < 4.78 is 0. The zero-order valence-corrected chi connectivity index (χ0v) is 11.4. The molecular formula is C16H22O2. The Morgan fingerprint density at radius 2 is 2.00 bits per heavy atom. The number of hydrogen-bond acceptors (Lipinski definition) is 2. The van der Waals surface area contributed by atoms with Gasteiger partial charge >= 0.3 is 0 Å². The lowest BCUT2D eigenvalue weighted by Gasteiger charge is -2.17. The zero-order chi connectivity index (χ0) is 13.1. The van der Waals surface area contributed by atoms with E-state index in [1.165, 1.54) is 30.4 Å². The van der Waals surface area contributed by atoms with Crippen LogP contribution in [0.2, 0.25) is 0 Å². The number of Topliss-reactive ketones (excluding diaryl/α,β-unsaturated/α-hetero) is 1. The fourth-order valence-electron chi connectivity index (χ4n) is 3.07. The minimum atomic E-state index is -0.0111. The van der Waals surface area contributed by atoms with Crippen LogP contribution in [0.4, 0.5) is 0 Å². The second-order valence-corrected chi connectivity index (χ2v) is 5.25.